The molecular formula is C12H21NO2S. The van der Waals surface area contributed by atoms with Crippen LogP contribution >= 0.6 is 12.2 Å². The smallest absolute Gasteiger partial charge is 0.228 e. The molecule has 16 heavy (non-hydrogen) atoms. The highest BCUT2D eigenvalue weighted by Crippen LogP contribution is 2.31. The minimum absolute atomic E-state index is 0.0146. The molecule has 2 N–H and O–H groups in total. The molecule has 0 saturated carbocycles. The molecule has 1 aliphatic rings. The van der Waals surface area contributed by atoms with Gasteiger partial charge in [0.15, 0.2) is 0 Å². The van der Waals surface area contributed by atoms with E-state index in [0.29, 0.717) is 0 Å². The number of thiocarbonyl (C=S) groups is 1. The molecule has 1 saturated heterocycles. The van der Waals surface area contributed by atoms with Crippen LogP contribution in [-0.4, -0.2) is 28.0 Å². The number of amides is 1. The Morgan fingerprint density at radius 2 is 1.94 bits per heavy atom. The third-order valence-corrected chi connectivity index (χ3v) is 4.19. The largest absolute Gasteiger partial charge is 0.393 e. The molecule has 1 heterocycles. The fourth-order valence-corrected chi connectivity index (χ4v) is 2.36. The Kier molecular flexibility index (Phi) is 3.75. The summed E-state index contributed by atoms with van der Waals surface area (Å²) in [6.45, 7) is 9.90. The first kappa shape index (κ1) is 13.6. The molecule has 0 aromatic rings. The van der Waals surface area contributed by atoms with Gasteiger partial charge in [-0.25, -0.2) is 0 Å². The van der Waals surface area contributed by atoms with Crippen LogP contribution in [0.3, 0.4) is 0 Å². The molecular weight excluding hydrogens is 222 g/mol. The second-order valence-corrected chi connectivity index (χ2v) is 6.14. The molecule has 1 aliphatic heterocycles. The van der Waals surface area contributed by atoms with E-state index in [-0.39, 0.29) is 29.2 Å². The predicted molar refractivity (Wildman–Crippen MR) is 68.3 cm³/mol. The van der Waals surface area contributed by atoms with Gasteiger partial charge in [-0.2, -0.15) is 0 Å². The molecule has 0 radical (unpaired) electrons. The van der Waals surface area contributed by atoms with Crippen LogP contribution < -0.4 is 5.32 Å². The van der Waals surface area contributed by atoms with Crippen molar-refractivity contribution in [1.82, 2.24) is 5.32 Å². The standard InChI is InChI=1S/C12H21NO2S/c1-6(10(16)12(3,4)5)9-8(7(2)14)11(15)13-9/h6-9,14H,1-5H3,(H,13,15)/t6-,7-,8-,9-/m1/s1. The number of aliphatic hydroxyl groups is 1. The first-order chi connectivity index (χ1) is 7.16. The molecule has 92 valence electrons. The van der Waals surface area contributed by atoms with Crippen LogP contribution in [-0.2, 0) is 4.79 Å². The van der Waals surface area contributed by atoms with Crippen LogP contribution in [0.2, 0.25) is 0 Å². The van der Waals surface area contributed by atoms with Gasteiger partial charge in [-0.3, -0.25) is 4.79 Å². The minimum atomic E-state index is -0.607. The van der Waals surface area contributed by atoms with Crippen molar-refractivity contribution >= 4 is 23.0 Å². The van der Waals surface area contributed by atoms with Crippen LogP contribution in [0.1, 0.15) is 34.6 Å². The van der Waals surface area contributed by atoms with Gasteiger partial charge >= 0.3 is 0 Å². The summed E-state index contributed by atoms with van der Waals surface area (Å²) in [5.74, 6) is -0.258. The van der Waals surface area contributed by atoms with Crippen LogP contribution in [0.25, 0.3) is 0 Å². The summed E-state index contributed by atoms with van der Waals surface area (Å²) in [7, 11) is 0. The van der Waals surface area contributed by atoms with Gasteiger partial charge in [-0.05, 0) is 12.3 Å². The minimum Gasteiger partial charge on any atom is -0.393 e. The molecule has 0 aromatic heterocycles. The van der Waals surface area contributed by atoms with Gasteiger partial charge in [0.25, 0.3) is 0 Å². The van der Waals surface area contributed by atoms with E-state index in [9.17, 15) is 9.90 Å². The summed E-state index contributed by atoms with van der Waals surface area (Å²) in [6.07, 6.45) is -0.607. The highest BCUT2D eigenvalue weighted by molar-refractivity contribution is 7.80. The quantitative estimate of drug-likeness (QED) is 0.584. The Balaban J connectivity index is 2.73. The zero-order valence-corrected chi connectivity index (χ0v) is 11.4. The van der Waals surface area contributed by atoms with Crippen molar-refractivity contribution in [2.24, 2.45) is 17.3 Å². The Bertz CT molecular complexity index is 307. The Hall–Kier alpha value is -0.480. The number of carbonyl (C=O) groups excluding carboxylic acids is 1. The van der Waals surface area contributed by atoms with Crippen LogP contribution in [0.5, 0.6) is 0 Å². The summed E-state index contributed by atoms with van der Waals surface area (Å²) in [6, 6.07) is -0.0146. The molecule has 1 amide bonds. The Morgan fingerprint density at radius 3 is 2.25 bits per heavy atom. The van der Waals surface area contributed by atoms with E-state index in [2.05, 4.69) is 26.1 Å². The van der Waals surface area contributed by atoms with E-state index < -0.39 is 6.10 Å². The van der Waals surface area contributed by atoms with Crippen molar-refractivity contribution in [2.45, 2.75) is 46.8 Å². The van der Waals surface area contributed by atoms with Crippen LogP contribution in [0.4, 0.5) is 0 Å². The third-order valence-electron chi connectivity index (χ3n) is 3.21. The van der Waals surface area contributed by atoms with Crippen LogP contribution in [0, 0.1) is 17.3 Å². The predicted octanol–water partition coefficient (Wildman–Crippen LogP) is 1.53. The van der Waals surface area contributed by atoms with E-state index in [1.807, 2.05) is 6.92 Å². The van der Waals surface area contributed by atoms with Gasteiger partial charge in [-0.15, -0.1) is 0 Å². The van der Waals surface area contributed by atoms with Gasteiger partial charge in [0, 0.05) is 10.8 Å². The summed E-state index contributed by atoms with van der Waals surface area (Å²) < 4.78 is 0. The van der Waals surface area contributed by atoms with Crippen molar-refractivity contribution in [3.63, 3.8) is 0 Å². The second kappa shape index (κ2) is 4.41. The molecule has 0 aliphatic carbocycles. The van der Waals surface area contributed by atoms with Crippen molar-refractivity contribution in [2.75, 3.05) is 0 Å². The highest BCUT2D eigenvalue weighted by Gasteiger charge is 2.47. The molecule has 4 atom stereocenters. The fourth-order valence-electron chi connectivity index (χ4n) is 2.22. The molecule has 0 aromatic carbocycles. The van der Waals surface area contributed by atoms with E-state index in [1.54, 1.807) is 6.92 Å². The summed E-state index contributed by atoms with van der Waals surface area (Å²) in [5.41, 5.74) is -0.0433. The number of hydrogen-bond donors (Lipinski definition) is 2. The molecule has 0 bridgehead atoms. The Labute approximate surface area is 103 Å². The maximum Gasteiger partial charge on any atom is 0.228 e. The lowest BCUT2D eigenvalue weighted by Crippen LogP contribution is -2.65. The maximum atomic E-state index is 11.3. The lowest BCUT2D eigenvalue weighted by molar-refractivity contribution is -0.141. The number of nitrogens with one attached hydrogen (secondary N) is 1. The normalized spacial score (nSPS) is 29.0. The zero-order valence-electron chi connectivity index (χ0n) is 10.6. The summed E-state index contributed by atoms with van der Waals surface area (Å²) in [4.78, 5) is 12.3. The maximum absolute atomic E-state index is 11.3. The highest BCUT2D eigenvalue weighted by atomic mass is 32.1. The average Bonchev–Trinajstić information content (AvgIpc) is 2.08. The molecule has 4 heteroatoms. The van der Waals surface area contributed by atoms with Gasteiger partial charge in [0.2, 0.25) is 5.91 Å². The first-order valence-corrected chi connectivity index (χ1v) is 6.10. The van der Waals surface area contributed by atoms with E-state index in [4.69, 9.17) is 12.2 Å². The number of carbonyl (C=O) groups is 1. The monoisotopic (exact) mass is 243 g/mol. The summed E-state index contributed by atoms with van der Waals surface area (Å²) >= 11 is 5.44. The van der Waals surface area contributed by atoms with E-state index in [1.165, 1.54) is 0 Å². The molecule has 1 fully saturated rings. The second-order valence-electron chi connectivity index (χ2n) is 5.70. The number of aliphatic hydroxyl groups excluding tert-OH is 1. The molecule has 0 unspecified atom stereocenters. The average molecular weight is 243 g/mol. The SMILES string of the molecule is C[C@@H](O)[C@H]1C(=O)N[C@@H]1[C@@H](C)C(=S)C(C)(C)C. The lowest BCUT2D eigenvalue weighted by atomic mass is 9.73. The van der Waals surface area contributed by atoms with Crippen molar-refractivity contribution in [3.05, 3.63) is 0 Å². The zero-order chi connectivity index (χ0) is 12.7. The molecule has 3 nitrogen and oxygen atoms in total. The van der Waals surface area contributed by atoms with Gasteiger partial charge in [0.1, 0.15) is 0 Å². The van der Waals surface area contributed by atoms with Gasteiger partial charge in [0.05, 0.1) is 18.1 Å². The van der Waals surface area contributed by atoms with Crippen LogP contribution in [0.15, 0.2) is 0 Å². The number of β-lactam (4-membered cyclic amide) rings is 1. The van der Waals surface area contributed by atoms with Crippen molar-refractivity contribution in [3.8, 4) is 0 Å². The molecule has 0 spiro atoms. The first-order valence-electron chi connectivity index (χ1n) is 5.69. The fraction of sp³-hybridized carbons (Fsp3) is 0.833. The summed E-state index contributed by atoms with van der Waals surface area (Å²) in [5, 5.41) is 12.4. The van der Waals surface area contributed by atoms with Crippen molar-refractivity contribution in [1.29, 1.82) is 0 Å². The van der Waals surface area contributed by atoms with Gasteiger partial charge < -0.3 is 10.4 Å². The topological polar surface area (TPSA) is 49.3 Å². The number of hydrogen-bond acceptors (Lipinski definition) is 3. The van der Waals surface area contributed by atoms with E-state index in [0.717, 1.165) is 4.86 Å². The Morgan fingerprint density at radius 1 is 1.44 bits per heavy atom. The van der Waals surface area contributed by atoms with Gasteiger partial charge in [-0.1, -0.05) is 39.9 Å². The number of rotatable bonds is 3. The molecule has 1 rings (SSSR count). The lowest BCUT2D eigenvalue weighted by Gasteiger charge is -2.44. The third kappa shape index (κ3) is 2.43. The van der Waals surface area contributed by atoms with Crippen molar-refractivity contribution < 1.29 is 9.90 Å². The van der Waals surface area contributed by atoms with E-state index >= 15 is 0 Å².